The van der Waals surface area contributed by atoms with Crippen molar-refractivity contribution in [3.8, 4) is 0 Å². The van der Waals surface area contributed by atoms with Gasteiger partial charge in [0.1, 0.15) is 5.60 Å². The van der Waals surface area contributed by atoms with Crippen molar-refractivity contribution in [2.45, 2.75) is 52.3 Å². The first-order chi connectivity index (χ1) is 9.76. The van der Waals surface area contributed by atoms with Crippen molar-refractivity contribution in [1.29, 1.82) is 0 Å². The summed E-state index contributed by atoms with van der Waals surface area (Å²) in [5, 5.41) is 3.44. The van der Waals surface area contributed by atoms with E-state index in [-0.39, 0.29) is 18.2 Å². The molecule has 2 atom stereocenters. The van der Waals surface area contributed by atoms with E-state index in [9.17, 15) is 4.79 Å². The van der Waals surface area contributed by atoms with Gasteiger partial charge >= 0.3 is 6.09 Å². The number of piperazine rings is 1. The number of aryl methyl sites for hydroxylation is 1. The van der Waals surface area contributed by atoms with Gasteiger partial charge in [-0.25, -0.2) is 4.79 Å². The Balaban J connectivity index is 2.21. The van der Waals surface area contributed by atoms with Crippen molar-refractivity contribution < 1.29 is 9.53 Å². The Morgan fingerprint density at radius 1 is 1.29 bits per heavy atom. The highest BCUT2D eigenvalue weighted by molar-refractivity contribution is 5.69. The molecule has 1 aromatic rings. The zero-order valence-corrected chi connectivity index (χ0v) is 13.6. The van der Waals surface area contributed by atoms with Gasteiger partial charge in [0.15, 0.2) is 0 Å². The summed E-state index contributed by atoms with van der Waals surface area (Å²) in [6, 6.07) is 8.65. The van der Waals surface area contributed by atoms with Gasteiger partial charge in [0.05, 0.1) is 6.04 Å². The Labute approximate surface area is 127 Å². The minimum atomic E-state index is -0.469. The Kier molecular flexibility index (Phi) is 4.57. The molecule has 0 aromatic heterocycles. The molecule has 1 amide bonds. The minimum absolute atomic E-state index is 0.0247. The molecule has 1 aliphatic rings. The summed E-state index contributed by atoms with van der Waals surface area (Å²) in [6.45, 7) is 11.3. The zero-order chi connectivity index (χ0) is 15.6. The molecular weight excluding hydrogens is 264 g/mol. The number of hydrogen-bond acceptors (Lipinski definition) is 3. The van der Waals surface area contributed by atoms with Crippen molar-refractivity contribution >= 4 is 6.09 Å². The van der Waals surface area contributed by atoms with E-state index in [2.05, 4.69) is 43.4 Å². The van der Waals surface area contributed by atoms with Gasteiger partial charge in [-0.3, -0.25) is 4.90 Å². The molecule has 0 radical (unpaired) electrons. The number of hydrogen-bond donors (Lipinski definition) is 1. The number of nitrogens with one attached hydrogen (secondary N) is 1. The number of carbonyl (C=O) groups excluding carboxylic acids is 1. The molecule has 1 saturated heterocycles. The van der Waals surface area contributed by atoms with Crippen molar-refractivity contribution in [2.24, 2.45) is 0 Å². The maximum absolute atomic E-state index is 12.5. The number of rotatable bonds is 1. The maximum atomic E-state index is 12.5. The predicted octanol–water partition coefficient (Wildman–Crippen LogP) is 3.26. The topological polar surface area (TPSA) is 41.6 Å². The molecule has 116 valence electrons. The van der Waals surface area contributed by atoms with E-state index in [1.54, 1.807) is 0 Å². The van der Waals surface area contributed by atoms with Crippen molar-refractivity contribution in [3.63, 3.8) is 0 Å². The third-order valence-corrected chi connectivity index (χ3v) is 3.60. The van der Waals surface area contributed by atoms with E-state index in [4.69, 9.17) is 4.74 Å². The van der Waals surface area contributed by atoms with Crippen molar-refractivity contribution in [3.05, 3.63) is 35.4 Å². The Bertz CT molecular complexity index is 491. The lowest BCUT2D eigenvalue weighted by Crippen LogP contribution is -2.54. The van der Waals surface area contributed by atoms with Gasteiger partial charge in [0, 0.05) is 19.1 Å². The van der Waals surface area contributed by atoms with Crippen LogP contribution < -0.4 is 5.32 Å². The van der Waals surface area contributed by atoms with Crippen molar-refractivity contribution in [2.75, 3.05) is 13.1 Å². The van der Waals surface area contributed by atoms with Crippen LogP contribution in [0.15, 0.2) is 24.3 Å². The van der Waals surface area contributed by atoms with E-state index in [1.807, 2.05) is 25.7 Å². The van der Waals surface area contributed by atoms with E-state index in [0.29, 0.717) is 6.54 Å². The van der Waals surface area contributed by atoms with Crippen LogP contribution in [0.2, 0.25) is 0 Å². The lowest BCUT2D eigenvalue weighted by Gasteiger charge is -2.40. The third kappa shape index (κ3) is 4.21. The van der Waals surface area contributed by atoms with Crippen LogP contribution in [0.5, 0.6) is 0 Å². The van der Waals surface area contributed by atoms with Gasteiger partial charge in [-0.15, -0.1) is 0 Å². The Morgan fingerprint density at radius 2 is 1.90 bits per heavy atom. The monoisotopic (exact) mass is 290 g/mol. The van der Waals surface area contributed by atoms with Crippen LogP contribution in [0.4, 0.5) is 4.79 Å². The Hall–Kier alpha value is -1.55. The SMILES string of the molecule is Cc1ccc(C2CN[C@H](C)CN2C(=O)OC(C)(C)C)cc1. The molecule has 0 saturated carbocycles. The van der Waals surface area contributed by atoms with Crippen LogP contribution in [0.25, 0.3) is 0 Å². The fourth-order valence-corrected chi connectivity index (χ4v) is 2.52. The summed E-state index contributed by atoms with van der Waals surface area (Å²) in [4.78, 5) is 14.3. The van der Waals surface area contributed by atoms with Gasteiger partial charge in [-0.1, -0.05) is 29.8 Å². The molecule has 1 N–H and O–H groups in total. The molecule has 1 fully saturated rings. The lowest BCUT2D eigenvalue weighted by atomic mass is 10.0. The van der Waals surface area contributed by atoms with Crippen LogP contribution in [-0.4, -0.2) is 35.7 Å². The van der Waals surface area contributed by atoms with E-state index in [0.717, 1.165) is 12.1 Å². The quantitative estimate of drug-likeness (QED) is 0.863. The second kappa shape index (κ2) is 6.06. The van der Waals surface area contributed by atoms with E-state index < -0.39 is 5.60 Å². The molecule has 4 heteroatoms. The number of carbonyl (C=O) groups is 1. The normalized spacial score (nSPS) is 23.0. The van der Waals surface area contributed by atoms with Gasteiger partial charge in [-0.2, -0.15) is 0 Å². The highest BCUT2D eigenvalue weighted by Crippen LogP contribution is 2.26. The average Bonchev–Trinajstić information content (AvgIpc) is 2.38. The maximum Gasteiger partial charge on any atom is 0.410 e. The first-order valence-electron chi connectivity index (χ1n) is 7.56. The summed E-state index contributed by atoms with van der Waals surface area (Å²) < 4.78 is 5.56. The minimum Gasteiger partial charge on any atom is -0.444 e. The van der Waals surface area contributed by atoms with Crippen LogP contribution in [0, 0.1) is 6.92 Å². The molecule has 21 heavy (non-hydrogen) atoms. The molecule has 1 heterocycles. The molecule has 0 aliphatic carbocycles. The predicted molar refractivity (Wildman–Crippen MR) is 84.3 cm³/mol. The summed E-state index contributed by atoms with van der Waals surface area (Å²) in [6.07, 6.45) is -0.235. The van der Waals surface area contributed by atoms with Gasteiger partial charge in [0.2, 0.25) is 0 Å². The molecule has 0 bridgehead atoms. The first-order valence-corrected chi connectivity index (χ1v) is 7.56. The smallest absolute Gasteiger partial charge is 0.410 e. The molecule has 4 nitrogen and oxygen atoms in total. The molecule has 1 aliphatic heterocycles. The van der Waals surface area contributed by atoms with E-state index >= 15 is 0 Å². The molecule has 1 unspecified atom stereocenters. The highest BCUT2D eigenvalue weighted by atomic mass is 16.6. The molecule has 1 aromatic carbocycles. The van der Waals surface area contributed by atoms with Gasteiger partial charge < -0.3 is 10.1 Å². The summed E-state index contributed by atoms with van der Waals surface area (Å²) >= 11 is 0. The number of benzene rings is 1. The fraction of sp³-hybridized carbons (Fsp3) is 0.588. The molecular formula is C17H26N2O2. The summed E-state index contributed by atoms with van der Waals surface area (Å²) in [5.74, 6) is 0. The second-order valence-corrected chi connectivity index (χ2v) is 6.87. The summed E-state index contributed by atoms with van der Waals surface area (Å²) in [7, 11) is 0. The molecule has 0 spiro atoms. The largest absolute Gasteiger partial charge is 0.444 e. The van der Waals surface area contributed by atoms with E-state index in [1.165, 1.54) is 5.56 Å². The van der Waals surface area contributed by atoms with Crippen LogP contribution in [0.3, 0.4) is 0 Å². The average molecular weight is 290 g/mol. The second-order valence-electron chi connectivity index (χ2n) is 6.87. The van der Waals surface area contributed by atoms with Crippen LogP contribution in [-0.2, 0) is 4.74 Å². The van der Waals surface area contributed by atoms with Crippen LogP contribution in [0.1, 0.15) is 44.9 Å². The Morgan fingerprint density at radius 3 is 2.48 bits per heavy atom. The number of nitrogens with zero attached hydrogens (tertiary/aromatic N) is 1. The van der Waals surface area contributed by atoms with Gasteiger partial charge in [0.25, 0.3) is 0 Å². The van der Waals surface area contributed by atoms with Gasteiger partial charge in [-0.05, 0) is 40.2 Å². The zero-order valence-electron chi connectivity index (χ0n) is 13.6. The number of ether oxygens (including phenoxy) is 1. The van der Waals surface area contributed by atoms with Crippen LogP contribution >= 0.6 is 0 Å². The van der Waals surface area contributed by atoms with Crippen molar-refractivity contribution in [1.82, 2.24) is 10.2 Å². The highest BCUT2D eigenvalue weighted by Gasteiger charge is 2.33. The third-order valence-electron chi connectivity index (χ3n) is 3.60. The summed E-state index contributed by atoms with van der Waals surface area (Å²) in [5.41, 5.74) is 1.90. The lowest BCUT2D eigenvalue weighted by molar-refractivity contribution is 0.00787. The molecule has 2 rings (SSSR count). The first kappa shape index (κ1) is 15.8. The standard InChI is InChI=1S/C17H26N2O2/c1-12-6-8-14(9-7-12)15-10-18-13(2)11-19(15)16(20)21-17(3,4)5/h6-9,13,15,18H,10-11H2,1-5H3/t13-,15?/m1/s1. The number of amides is 1. The fourth-order valence-electron chi connectivity index (χ4n) is 2.52.